The van der Waals surface area contributed by atoms with Crippen LogP contribution in [0.15, 0.2) is 30.6 Å². The molecule has 0 saturated carbocycles. The Morgan fingerprint density at radius 3 is 2.83 bits per heavy atom. The summed E-state index contributed by atoms with van der Waals surface area (Å²) in [5, 5.41) is 8.68. The van der Waals surface area contributed by atoms with Crippen LogP contribution in [0.25, 0.3) is 16.8 Å². The van der Waals surface area contributed by atoms with Crippen LogP contribution in [0.1, 0.15) is 16.1 Å². The average molecular weight is 240 g/mol. The quantitative estimate of drug-likeness (QED) is 0.642. The molecular formula is C13H12N4O. The van der Waals surface area contributed by atoms with Crippen LogP contribution in [0, 0.1) is 6.92 Å². The van der Waals surface area contributed by atoms with Crippen LogP contribution in [0.5, 0.6) is 0 Å². The number of aldehydes is 1. The summed E-state index contributed by atoms with van der Waals surface area (Å²) < 4.78 is 3.53. The third kappa shape index (κ3) is 1.52. The maximum atomic E-state index is 10.7. The van der Waals surface area contributed by atoms with Crippen molar-refractivity contribution >= 4 is 11.8 Å². The Labute approximate surface area is 104 Å². The zero-order chi connectivity index (χ0) is 12.7. The molecule has 3 aromatic rings. The summed E-state index contributed by atoms with van der Waals surface area (Å²) in [6.45, 7) is 2.00. The molecule has 3 heterocycles. The molecule has 0 aliphatic carbocycles. The van der Waals surface area contributed by atoms with Gasteiger partial charge in [0.1, 0.15) is 0 Å². The van der Waals surface area contributed by atoms with Crippen molar-refractivity contribution in [2.75, 3.05) is 0 Å². The first-order chi connectivity index (χ1) is 8.69. The summed E-state index contributed by atoms with van der Waals surface area (Å²) in [6.07, 6.45) is 4.34. The number of hydrogen-bond donors (Lipinski definition) is 0. The molecular weight excluding hydrogens is 228 g/mol. The van der Waals surface area contributed by atoms with E-state index in [9.17, 15) is 4.79 Å². The summed E-state index contributed by atoms with van der Waals surface area (Å²) >= 11 is 0. The Hall–Kier alpha value is -2.43. The fraction of sp³-hybridized carbons (Fsp3) is 0.154. The van der Waals surface area contributed by atoms with Crippen LogP contribution in [0.3, 0.4) is 0 Å². The highest BCUT2D eigenvalue weighted by molar-refractivity contribution is 5.76. The van der Waals surface area contributed by atoms with Gasteiger partial charge in [0.05, 0.1) is 17.4 Å². The van der Waals surface area contributed by atoms with E-state index in [2.05, 4.69) is 10.2 Å². The Morgan fingerprint density at radius 1 is 1.33 bits per heavy atom. The minimum atomic E-state index is 0.611. The lowest BCUT2D eigenvalue weighted by Crippen LogP contribution is -1.93. The molecule has 0 unspecified atom stereocenters. The lowest BCUT2D eigenvalue weighted by atomic mass is 10.2. The molecule has 3 aromatic heterocycles. The zero-order valence-electron chi connectivity index (χ0n) is 10.2. The van der Waals surface area contributed by atoms with E-state index in [-0.39, 0.29) is 0 Å². The molecule has 5 nitrogen and oxygen atoms in total. The number of nitrogens with zero attached hydrogens (tertiary/aromatic N) is 4. The molecule has 90 valence electrons. The normalized spacial score (nSPS) is 11.0. The minimum absolute atomic E-state index is 0.611. The Balaban J connectivity index is 2.19. The molecule has 0 aromatic carbocycles. The SMILES string of the molecule is Cc1c(-c2cc3ccc(C=O)cn3n2)cnn1C. The van der Waals surface area contributed by atoms with E-state index < -0.39 is 0 Å². The van der Waals surface area contributed by atoms with Gasteiger partial charge in [0, 0.05) is 30.1 Å². The summed E-state index contributed by atoms with van der Waals surface area (Å²) in [4.78, 5) is 10.7. The fourth-order valence-corrected chi connectivity index (χ4v) is 1.95. The van der Waals surface area contributed by atoms with Gasteiger partial charge >= 0.3 is 0 Å². The van der Waals surface area contributed by atoms with E-state index >= 15 is 0 Å². The van der Waals surface area contributed by atoms with Crippen LogP contribution in [0.4, 0.5) is 0 Å². The molecule has 0 amide bonds. The number of aromatic nitrogens is 4. The second-order valence-corrected chi connectivity index (χ2v) is 4.25. The molecule has 0 atom stereocenters. The van der Waals surface area contributed by atoms with E-state index in [0.717, 1.165) is 28.8 Å². The van der Waals surface area contributed by atoms with Crippen LogP contribution < -0.4 is 0 Å². The Kier molecular flexibility index (Phi) is 2.26. The van der Waals surface area contributed by atoms with Gasteiger partial charge in [-0.25, -0.2) is 4.52 Å². The van der Waals surface area contributed by atoms with Crippen molar-refractivity contribution in [2.45, 2.75) is 6.92 Å². The predicted octanol–water partition coefficient (Wildman–Crippen LogP) is 1.86. The average Bonchev–Trinajstić information content (AvgIpc) is 2.93. The highest BCUT2D eigenvalue weighted by Gasteiger charge is 2.10. The number of aryl methyl sites for hydroxylation is 1. The Bertz CT molecular complexity index is 739. The van der Waals surface area contributed by atoms with E-state index in [0.29, 0.717) is 5.56 Å². The highest BCUT2D eigenvalue weighted by atomic mass is 16.1. The van der Waals surface area contributed by atoms with Crippen LogP contribution in [-0.4, -0.2) is 25.7 Å². The van der Waals surface area contributed by atoms with Gasteiger partial charge in [-0.15, -0.1) is 0 Å². The van der Waals surface area contributed by atoms with Crippen molar-refractivity contribution in [1.29, 1.82) is 0 Å². The molecule has 18 heavy (non-hydrogen) atoms. The summed E-state index contributed by atoms with van der Waals surface area (Å²) in [7, 11) is 1.90. The number of carbonyl (C=O) groups is 1. The third-order valence-corrected chi connectivity index (χ3v) is 3.13. The number of fused-ring (bicyclic) bond motifs is 1. The highest BCUT2D eigenvalue weighted by Crippen LogP contribution is 2.22. The molecule has 0 fully saturated rings. The topological polar surface area (TPSA) is 52.2 Å². The van der Waals surface area contributed by atoms with Crippen LogP contribution >= 0.6 is 0 Å². The van der Waals surface area contributed by atoms with E-state index in [1.54, 1.807) is 23.0 Å². The van der Waals surface area contributed by atoms with Crippen molar-refractivity contribution in [3.8, 4) is 11.3 Å². The van der Waals surface area contributed by atoms with Gasteiger partial charge in [-0.1, -0.05) is 0 Å². The fourth-order valence-electron chi connectivity index (χ4n) is 1.95. The molecule has 0 aliphatic rings. The number of pyridine rings is 1. The molecule has 0 saturated heterocycles. The Morgan fingerprint density at radius 2 is 2.17 bits per heavy atom. The van der Waals surface area contributed by atoms with E-state index in [1.807, 2.05) is 30.8 Å². The van der Waals surface area contributed by atoms with Crippen LogP contribution in [-0.2, 0) is 7.05 Å². The van der Waals surface area contributed by atoms with Crippen molar-refractivity contribution in [3.05, 3.63) is 41.9 Å². The lowest BCUT2D eigenvalue weighted by Gasteiger charge is -1.95. The second-order valence-electron chi connectivity index (χ2n) is 4.25. The van der Waals surface area contributed by atoms with Gasteiger partial charge in [0.25, 0.3) is 0 Å². The first kappa shape index (κ1) is 10.7. The first-order valence-electron chi connectivity index (χ1n) is 5.62. The van der Waals surface area contributed by atoms with Crippen LogP contribution in [0.2, 0.25) is 0 Å². The van der Waals surface area contributed by atoms with E-state index in [1.165, 1.54) is 0 Å². The molecule has 0 N–H and O–H groups in total. The first-order valence-corrected chi connectivity index (χ1v) is 5.62. The molecule has 0 radical (unpaired) electrons. The number of rotatable bonds is 2. The maximum Gasteiger partial charge on any atom is 0.151 e. The third-order valence-electron chi connectivity index (χ3n) is 3.13. The molecule has 0 spiro atoms. The van der Waals surface area contributed by atoms with E-state index in [4.69, 9.17) is 0 Å². The summed E-state index contributed by atoms with van der Waals surface area (Å²) in [5.41, 5.74) is 4.51. The minimum Gasteiger partial charge on any atom is -0.298 e. The molecule has 5 heteroatoms. The molecule has 0 aliphatic heterocycles. The van der Waals surface area contributed by atoms with Crippen molar-refractivity contribution < 1.29 is 4.79 Å². The lowest BCUT2D eigenvalue weighted by molar-refractivity contribution is 0.112. The second kappa shape index (κ2) is 3.80. The smallest absolute Gasteiger partial charge is 0.151 e. The van der Waals surface area contributed by atoms with Gasteiger partial charge in [-0.2, -0.15) is 10.2 Å². The predicted molar refractivity (Wildman–Crippen MR) is 67.5 cm³/mol. The standard InChI is InChI=1S/C13H12N4O/c1-9-12(6-14-16(9)2)13-5-11-4-3-10(8-18)7-17(11)15-13/h3-8H,1-2H3. The summed E-state index contributed by atoms with van der Waals surface area (Å²) in [6, 6.07) is 5.65. The monoisotopic (exact) mass is 240 g/mol. The van der Waals surface area contributed by atoms with Gasteiger partial charge in [0.15, 0.2) is 6.29 Å². The van der Waals surface area contributed by atoms with Gasteiger partial charge in [-0.3, -0.25) is 9.48 Å². The van der Waals surface area contributed by atoms with Crippen molar-refractivity contribution in [2.24, 2.45) is 7.05 Å². The van der Waals surface area contributed by atoms with Crippen molar-refractivity contribution in [1.82, 2.24) is 19.4 Å². The molecule has 0 bridgehead atoms. The maximum absolute atomic E-state index is 10.7. The number of carbonyl (C=O) groups excluding carboxylic acids is 1. The zero-order valence-corrected chi connectivity index (χ0v) is 10.2. The molecule has 3 rings (SSSR count). The van der Waals surface area contributed by atoms with Crippen molar-refractivity contribution in [3.63, 3.8) is 0 Å². The largest absolute Gasteiger partial charge is 0.298 e. The summed E-state index contributed by atoms with van der Waals surface area (Å²) in [5.74, 6) is 0. The van der Waals surface area contributed by atoms with Gasteiger partial charge in [0.2, 0.25) is 0 Å². The number of hydrogen-bond acceptors (Lipinski definition) is 3. The van der Waals surface area contributed by atoms with Gasteiger partial charge in [-0.05, 0) is 25.1 Å². The van der Waals surface area contributed by atoms with Gasteiger partial charge < -0.3 is 0 Å².